The first-order chi connectivity index (χ1) is 5.88. The van der Waals surface area contributed by atoms with Gasteiger partial charge in [0.25, 0.3) is 0 Å². The van der Waals surface area contributed by atoms with E-state index in [1.54, 1.807) is 0 Å². The Morgan fingerprint density at radius 2 is 2.08 bits per heavy atom. The average molecular weight is 298 g/mol. The van der Waals surface area contributed by atoms with E-state index in [4.69, 9.17) is 5.11 Å². The molecule has 3 heteroatoms. The van der Waals surface area contributed by atoms with Crippen LogP contribution in [0.2, 0.25) is 0 Å². The van der Waals surface area contributed by atoms with E-state index in [1.807, 2.05) is 26.8 Å². The van der Waals surface area contributed by atoms with Crippen LogP contribution in [0.25, 0.3) is 0 Å². The molecule has 0 spiro atoms. The first-order valence-corrected chi connectivity index (χ1v) is 5.75. The van der Waals surface area contributed by atoms with Gasteiger partial charge in [0.05, 0.1) is 12.2 Å². The van der Waals surface area contributed by atoms with Crippen LogP contribution < -0.4 is 0 Å². The monoisotopic (exact) mass is 298 g/mol. The predicted octanol–water partition coefficient (Wildman–Crippen LogP) is 2.28. The number of alkyl halides is 1. The molecule has 0 aromatic rings. The Morgan fingerprint density at radius 3 is 2.46 bits per heavy atom. The van der Waals surface area contributed by atoms with Gasteiger partial charge in [0, 0.05) is 3.92 Å². The normalized spacial score (nSPS) is 16.0. The molecule has 2 nitrogen and oxygen atoms in total. The Balaban J connectivity index is 3.83. The summed E-state index contributed by atoms with van der Waals surface area (Å²) >= 11 is 2.27. The number of hydrogen-bond acceptors (Lipinski definition) is 2. The Kier molecular flexibility index (Phi) is 6.16. The van der Waals surface area contributed by atoms with Crippen molar-refractivity contribution in [1.82, 2.24) is 0 Å². The van der Waals surface area contributed by atoms with Crippen LogP contribution in [-0.2, 0) is 0 Å². The minimum Gasteiger partial charge on any atom is -0.392 e. The molecule has 0 saturated heterocycles. The van der Waals surface area contributed by atoms with Gasteiger partial charge < -0.3 is 10.2 Å². The van der Waals surface area contributed by atoms with Crippen molar-refractivity contribution in [1.29, 1.82) is 0 Å². The number of aliphatic hydroxyl groups is 2. The van der Waals surface area contributed by atoms with E-state index in [2.05, 4.69) is 22.6 Å². The van der Waals surface area contributed by atoms with E-state index in [0.717, 1.165) is 12.8 Å². The molecule has 0 aromatic carbocycles. The third-order valence-electron chi connectivity index (χ3n) is 2.00. The number of hydrogen-bond donors (Lipinski definition) is 2. The summed E-state index contributed by atoms with van der Waals surface area (Å²) in [6, 6.07) is 0. The zero-order chi connectivity index (χ0) is 10.5. The van der Waals surface area contributed by atoms with Crippen molar-refractivity contribution in [2.24, 2.45) is 0 Å². The van der Waals surface area contributed by atoms with Crippen LogP contribution in [0.5, 0.6) is 0 Å². The SMILES string of the molecule is C/C(=C\CO)CCC(I)C(C)(C)O. The molecule has 0 fully saturated rings. The van der Waals surface area contributed by atoms with Crippen molar-refractivity contribution >= 4 is 22.6 Å². The van der Waals surface area contributed by atoms with Crippen LogP contribution in [-0.4, -0.2) is 26.3 Å². The van der Waals surface area contributed by atoms with Crippen LogP contribution in [0.1, 0.15) is 33.6 Å². The molecule has 0 rings (SSSR count). The summed E-state index contributed by atoms with van der Waals surface area (Å²) in [5, 5.41) is 18.3. The van der Waals surface area contributed by atoms with Gasteiger partial charge in [-0.2, -0.15) is 0 Å². The maximum atomic E-state index is 9.65. The molecule has 2 N–H and O–H groups in total. The summed E-state index contributed by atoms with van der Waals surface area (Å²) in [7, 11) is 0. The maximum absolute atomic E-state index is 9.65. The molecule has 0 heterocycles. The molecular weight excluding hydrogens is 279 g/mol. The third-order valence-corrected chi connectivity index (χ3v) is 4.15. The van der Waals surface area contributed by atoms with Crippen molar-refractivity contribution in [3.63, 3.8) is 0 Å². The Hall–Kier alpha value is 0.390. The Morgan fingerprint density at radius 1 is 1.54 bits per heavy atom. The maximum Gasteiger partial charge on any atom is 0.0708 e. The highest BCUT2D eigenvalue weighted by Gasteiger charge is 2.23. The van der Waals surface area contributed by atoms with E-state index in [-0.39, 0.29) is 10.5 Å². The van der Waals surface area contributed by atoms with Crippen LogP contribution in [0.3, 0.4) is 0 Å². The second-order valence-electron chi connectivity index (χ2n) is 3.89. The van der Waals surface area contributed by atoms with Crippen molar-refractivity contribution in [2.75, 3.05) is 6.61 Å². The third kappa shape index (κ3) is 6.46. The molecule has 0 bridgehead atoms. The van der Waals surface area contributed by atoms with E-state index in [9.17, 15) is 5.11 Å². The van der Waals surface area contributed by atoms with Crippen molar-refractivity contribution < 1.29 is 10.2 Å². The lowest BCUT2D eigenvalue weighted by atomic mass is 9.99. The lowest BCUT2D eigenvalue weighted by Gasteiger charge is -2.24. The number of rotatable bonds is 5. The zero-order valence-corrected chi connectivity index (χ0v) is 10.7. The minimum absolute atomic E-state index is 0.111. The van der Waals surface area contributed by atoms with Crippen LogP contribution in [0.4, 0.5) is 0 Å². The topological polar surface area (TPSA) is 40.5 Å². The van der Waals surface area contributed by atoms with E-state index >= 15 is 0 Å². The molecule has 0 saturated carbocycles. The predicted molar refractivity (Wildman–Crippen MR) is 64.2 cm³/mol. The van der Waals surface area contributed by atoms with Crippen molar-refractivity contribution in [3.05, 3.63) is 11.6 Å². The fourth-order valence-electron chi connectivity index (χ4n) is 0.966. The van der Waals surface area contributed by atoms with Gasteiger partial charge in [-0.05, 0) is 33.6 Å². The van der Waals surface area contributed by atoms with Gasteiger partial charge in [-0.15, -0.1) is 0 Å². The Bertz CT molecular complexity index is 170. The smallest absolute Gasteiger partial charge is 0.0708 e. The fourth-order valence-corrected chi connectivity index (χ4v) is 1.28. The van der Waals surface area contributed by atoms with E-state index in [1.165, 1.54) is 5.57 Å². The molecule has 78 valence electrons. The zero-order valence-electron chi connectivity index (χ0n) is 8.55. The molecule has 13 heavy (non-hydrogen) atoms. The Labute approximate surface area is 94.2 Å². The highest BCUT2D eigenvalue weighted by molar-refractivity contribution is 14.1. The molecular formula is C10H19IO2. The quantitative estimate of drug-likeness (QED) is 0.464. The summed E-state index contributed by atoms with van der Waals surface area (Å²) in [4.78, 5) is 0. The van der Waals surface area contributed by atoms with Crippen LogP contribution >= 0.6 is 22.6 Å². The fraction of sp³-hybridized carbons (Fsp3) is 0.800. The standard InChI is InChI=1S/C10H19IO2/c1-8(6-7-12)4-5-9(11)10(2,3)13/h6,9,12-13H,4-5,7H2,1-3H3/b8-6+. The minimum atomic E-state index is -0.611. The van der Waals surface area contributed by atoms with Gasteiger partial charge in [-0.1, -0.05) is 34.2 Å². The van der Waals surface area contributed by atoms with E-state index in [0.29, 0.717) is 0 Å². The molecule has 0 aliphatic carbocycles. The van der Waals surface area contributed by atoms with Gasteiger partial charge in [0.15, 0.2) is 0 Å². The number of aliphatic hydroxyl groups excluding tert-OH is 1. The van der Waals surface area contributed by atoms with Crippen LogP contribution in [0, 0.1) is 0 Å². The number of allylic oxidation sites excluding steroid dienone is 1. The molecule has 0 aliphatic heterocycles. The molecule has 1 atom stereocenters. The van der Waals surface area contributed by atoms with Crippen LogP contribution in [0.15, 0.2) is 11.6 Å². The first-order valence-electron chi connectivity index (χ1n) is 4.51. The molecule has 0 aliphatic rings. The van der Waals surface area contributed by atoms with Crippen molar-refractivity contribution in [2.45, 2.75) is 43.1 Å². The summed E-state index contributed by atoms with van der Waals surface area (Å²) in [6.07, 6.45) is 3.71. The second-order valence-corrected chi connectivity index (χ2v) is 5.40. The molecule has 0 amide bonds. The average Bonchev–Trinajstić information content (AvgIpc) is 1.99. The lowest BCUT2D eigenvalue weighted by molar-refractivity contribution is 0.0803. The lowest BCUT2D eigenvalue weighted by Crippen LogP contribution is -2.30. The van der Waals surface area contributed by atoms with Gasteiger partial charge in [-0.25, -0.2) is 0 Å². The van der Waals surface area contributed by atoms with Gasteiger partial charge in [-0.3, -0.25) is 0 Å². The summed E-state index contributed by atoms with van der Waals surface area (Å²) in [5.41, 5.74) is 0.577. The van der Waals surface area contributed by atoms with Crippen molar-refractivity contribution in [3.8, 4) is 0 Å². The van der Waals surface area contributed by atoms with Gasteiger partial charge >= 0.3 is 0 Å². The van der Waals surface area contributed by atoms with Gasteiger partial charge in [0.2, 0.25) is 0 Å². The van der Waals surface area contributed by atoms with Gasteiger partial charge in [0.1, 0.15) is 0 Å². The largest absolute Gasteiger partial charge is 0.392 e. The summed E-state index contributed by atoms with van der Waals surface area (Å²) in [6.45, 7) is 5.77. The first kappa shape index (κ1) is 13.4. The highest BCUT2D eigenvalue weighted by atomic mass is 127. The second kappa shape index (κ2) is 5.98. The molecule has 0 aromatic heterocycles. The highest BCUT2D eigenvalue weighted by Crippen LogP contribution is 2.23. The summed E-state index contributed by atoms with van der Waals surface area (Å²) in [5.74, 6) is 0. The summed E-state index contributed by atoms with van der Waals surface area (Å²) < 4.78 is 0.257. The number of halogens is 1. The molecule has 0 radical (unpaired) electrons. The molecule has 1 unspecified atom stereocenters. The van der Waals surface area contributed by atoms with E-state index < -0.39 is 5.60 Å².